The van der Waals surface area contributed by atoms with Gasteiger partial charge in [0, 0.05) is 6.04 Å². The largest absolute Gasteiger partial charge is 0.490 e. The highest BCUT2D eigenvalue weighted by atomic mass is 19.1. The number of halogens is 1. The van der Waals surface area contributed by atoms with Crippen LogP contribution in [0.5, 0.6) is 5.75 Å². The molecule has 0 bridgehead atoms. The summed E-state index contributed by atoms with van der Waals surface area (Å²) in [6, 6.07) is 5.11. The van der Waals surface area contributed by atoms with Gasteiger partial charge in [0.25, 0.3) is 0 Å². The van der Waals surface area contributed by atoms with Gasteiger partial charge >= 0.3 is 0 Å². The lowest BCUT2D eigenvalue weighted by atomic mass is 10.2. The maximum atomic E-state index is 13.6. The number of aryl methyl sites for hydroxylation is 1. The van der Waals surface area contributed by atoms with E-state index < -0.39 is 0 Å². The molecule has 0 aliphatic heterocycles. The van der Waals surface area contributed by atoms with Crippen LogP contribution >= 0.6 is 0 Å². The molecule has 0 aliphatic rings. The molecule has 1 rings (SSSR count). The van der Waals surface area contributed by atoms with Gasteiger partial charge in [-0.2, -0.15) is 0 Å². The smallest absolute Gasteiger partial charge is 0.167 e. The van der Waals surface area contributed by atoms with E-state index in [-0.39, 0.29) is 24.2 Å². The highest BCUT2D eigenvalue weighted by Crippen LogP contribution is 2.19. The molecule has 0 saturated carbocycles. The van der Waals surface area contributed by atoms with Gasteiger partial charge in [0.2, 0.25) is 0 Å². The third kappa shape index (κ3) is 4.63. The highest BCUT2D eigenvalue weighted by Gasteiger charge is 2.09. The van der Waals surface area contributed by atoms with Crippen LogP contribution in [0.15, 0.2) is 18.2 Å². The van der Waals surface area contributed by atoms with Crippen molar-refractivity contribution in [2.75, 3.05) is 19.8 Å². The lowest BCUT2D eigenvalue weighted by molar-refractivity contribution is 0.206. The fraction of sp³-hybridized carbons (Fsp3) is 0.571. The summed E-state index contributed by atoms with van der Waals surface area (Å²) in [5.41, 5.74) is 0.579. The van der Waals surface area contributed by atoms with Crippen LogP contribution in [-0.4, -0.2) is 30.9 Å². The van der Waals surface area contributed by atoms with E-state index in [0.29, 0.717) is 18.6 Å². The van der Waals surface area contributed by atoms with Crippen LogP contribution in [0, 0.1) is 12.7 Å². The van der Waals surface area contributed by atoms with Crippen LogP contribution in [-0.2, 0) is 0 Å². The Hall–Kier alpha value is -1.13. The lowest BCUT2D eigenvalue weighted by Gasteiger charge is -2.16. The molecule has 1 atom stereocenters. The summed E-state index contributed by atoms with van der Waals surface area (Å²) in [6.45, 7) is 5.10. The van der Waals surface area contributed by atoms with E-state index in [0.717, 1.165) is 13.0 Å². The Bertz CT molecular complexity index is 358. The van der Waals surface area contributed by atoms with Gasteiger partial charge in [-0.15, -0.1) is 0 Å². The fourth-order valence-electron chi connectivity index (χ4n) is 1.65. The second-order valence-corrected chi connectivity index (χ2v) is 4.36. The van der Waals surface area contributed by atoms with Crippen LogP contribution in [0.1, 0.15) is 25.3 Å². The Labute approximate surface area is 108 Å². The minimum Gasteiger partial charge on any atom is -0.490 e. The van der Waals surface area contributed by atoms with Gasteiger partial charge in [-0.25, -0.2) is 4.39 Å². The van der Waals surface area contributed by atoms with E-state index in [9.17, 15) is 4.39 Å². The summed E-state index contributed by atoms with van der Waals surface area (Å²) in [7, 11) is 0. The molecule has 102 valence electrons. The van der Waals surface area contributed by atoms with Crippen molar-refractivity contribution >= 4 is 0 Å². The summed E-state index contributed by atoms with van der Waals surface area (Å²) in [5.74, 6) is -0.0262. The lowest BCUT2D eigenvalue weighted by Crippen LogP contribution is -2.34. The minimum absolute atomic E-state index is 0.0119. The van der Waals surface area contributed by atoms with Crippen molar-refractivity contribution in [1.82, 2.24) is 5.32 Å². The van der Waals surface area contributed by atoms with Crippen molar-refractivity contribution < 1.29 is 14.2 Å². The maximum absolute atomic E-state index is 13.6. The molecule has 0 amide bonds. The molecule has 0 heterocycles. The van der Waals surface area contributed by atoms with Crippen molar-refractivity contribution in [1.29, 1.82) is 0 Å². The number of aliphatic hydroxyl groups is 1. The summed E-state index contributed by atoms with van der Waals surface area (Å²) in [6.07, 6.45) is 1.67. The van der Waals surface area contributed by atoms with Crippen molar-refractivity contribution in [2.45, 2.75) is 32.7 Å². The molecule has 2 N–H and O–H groups in total. The summed E-state index contributed by atoms with van der Waals surface area (Å²) in [5, 5.41) is 12.4. The molecule has 1 unspecified atom stereocenters. The molecule has 0 fully saturated rings. The van der Waals surface area contributed by atoms with Crippen LogP contribution in [0.25, 0.3) is 0 Å². The number of aliphatic hydroxyl groups excluding tert-OH is 1. The third-order valence-corrected chi connectivity index (χ3v) is 2.78. The van der Waals surface area contributed by atoms with Crippen LogP contribution in [0.2, 0.25) is 0 Å². The molecule has 1 aromatic carbocycles. The quantitative estimate of drug-likeness (QED) is 0.748. The number of nitrogens with one attached hydrogen (secondary N) is 1. The van der Waals surface area contributed by atoms with Gasteiger partial charge in [-0.05, 0) is 37.9 Å². The van der Waals surface area contributed by atoms with Gasteiger partial charge in [0.05, 0.1) is 13.2 Å². The SMILES string of the molecule is CCCNC(CO)CCOc1cccc(C)c1F. The summed E-state index contributed by atoms with van der Waals surface area (Å²) < 4.78 is 19.0. The van der Waals surface area contributed by atoms with E-state index in [2.05, 4.69) is 12.2 Å². The van der Waals surface area contributed by atoms with Crippen molar-refractivity contribution in [3.8, 4) is 5.75 Å². The zero-order valence-corrected chi connectivity index (χ0v) is 11.1. The number of rotatable bonds is 8. The first-order valence-corrected chi connectivity index (χ1v) is 6.41. The zero-order chi connectivity index (χ0) is 13.4. The van der Waals surface area contributed by atoms with Gasteiger partial charge in [0.15, 0.2) is 11.6 Å². The van der Waals surface area contributed by atoms with E-state index >= 15 is 0 Å². The normalized spacial score (nSPS) is 12.4. The van der Waals surface area contributed by atoms with Crippen LogP contribution in [0.3, 0.4) is 0 Å². The monoisotopic (exact) mass is 255 g/mol. The Morgan fingerprint density at radius 3 is 2.89 bits per heavy atom. The Kier molecular flexibility index (Phi) is 6.68. The molecule has 0 spiro atoms. The molecule has 3 nitrogen and oxygen atoms in total. The average molecular weight is 255 g/mol. The fourth-order valence-corrected chi connectivity index (χ4v) is 1.65. The maximum Gasteiger partial charge on any atom is 0.167 e. The Morgan fingerprint density at radius 1 is 1.44 bits per heavy atom. The van der Waals surface area contributed by atoms with Gasteiger partial charge in [-0.1, -0.05) is 19.1 Å². The molecular formula is C14H22FNO2. The van der Waals surface area contributed by atoms with Gasteiger partial charge in [-0.3, -0.25) is 0 Å². The first-order chi connectivity index (χ1) is 8.69. The summed E-state index contributed by atoms with van der Waals surface area (Å²) >= 11 is 0. The average Bonchev–Trinajstić information content (AvgIpc) is 2.38. The number of benzene rings is 1. The second kappa shape index (κ2) is 8.06. The first-order valence-electron chi connectivity index (χ1n) is 6.41. The van der Waals surface area contributed by atoms with E-state index in [4.69, 9.17) is 9.84 Å². The van der Waals surface area contributed by atoms with Gasteiger partial charge < -0.3 is 15.2 Å². The molecule has 0 aliphatic carbocycles. The van der Waals surface area contributed by atoms with Crippen LogP contribution < -0.4 is 10.1 Å². The van der Waals surface area contributed by atoms with E-state index in [1.165, 1.54) is 0 Å². The molecule has 0 aromatic heterocycles. The van der Waals surface area contributed by atoms with E-state index in [1.54, 1.807) is 25.1 Å². The molecule has 0 saturated heterocycles. The number of ether oxygens (including phenoxy) is 1. The van der Waals surface area contributed by atoms with Crippen molar-refractivity contribution in [2.24, 2.45) is 0 Å². The van der Waals surface area contributed by atoms with Gasteiger partial charge in [0.1, 0.15) is 0 Å². The minimum atomic E-state index is -0.306. The summed E-state index contributed by atoms with van der Waals surface area (Å²) in [4.78, 5) is 0. The standard InChI is InChI=1S/C14H22FNO2/c1-3-8-16-12(10-17)7-9-18-13-6-4-5-11(2)14(13)15/h4-6,12,16-17H,3,7-10H2,1-2H3. The number of hydrogen-bond donors (Lipinski definition) is 2. The third-order valence-electron chi connectivity index (χ3n) is 2.78. The Morgan fingerprint density at radius 2 is 2.22 bits per heavy atom. The molecule has 18 heavy (non-hydrogen) atoms. The molecule has 1 aromatic rings. The van der Waals surface area contributed by atoms with E-state index in [1.807, 2.05) is 0 Å². The zero-order valence-electron chi connectivity index (χ0n) is 11.1. The topological polar surface area (TPSA) is 41.5 Å². The predicted molar refractivity (Wildman–Crippen MR) is 70.4 cm³/mol. The van der Waals surface area contributed by atoms with Crippen molar-refractivity contribution in [3.63, 3.8) is 0 Å². The van der Waals surface area contributed by atoms with Crippen molar-refractivity contribution in [3.05, 3.63) is 29.6 Å². The first kappa shape index (κ1) is 14.9. The molecule has 0 radical (unpaired) electrons. The predicted octanol–water partition coefficient (Wildman–Crippen LogP) is 2.26. The molecular weight excluding hydrogens is 233 g/mol. The number of hydrogen-bond acceptors (Lipinski definition) is 3. The van der Waals surface area contributed by atoms with Crippen LogP contribution in [0.4, 0.5) is 4.39 Å². The Balaban J connectivity index is 2.38. The highest BCUT2D eigenvalue weighted by molar-refractivity contribution is 5.29. The second-order valence-electron chi connectivity index (χ2n) is 4.36. The molecule has 4 heteroatoms.